The van der Waals surface area contributed by atoms with E-state index in [0.717, 1.165) is 16.9 Å². The lowest BCUT2D eigenvalue weighted by atomic mass is 10.2. The van der Waals surface area contributed by atoms with E-state index in [2.05, 4.69) is 4.98 Å². The summed E-state index contributed by atoms with van der Waals surface area (Å²) in [6.45, 7) is 1.93. The average Bonchev–Trinajstić information content (AvgIpc) is 2.75. The molecule has 0 unspecified atom stereocenters. The first kappa shape index (κ1) is 12.3. The first-order valence-corrected chi connectivity index (χ1v) is 5.85. The lowest BCUT2D eigenvalue weighted by Crippen LogP contribution is -2.05. The number of rotatable bonds is 3. The highest BCUT2D eigenvalue weighted by Gasteiger charge is 2.22. The van der Waals surface area contributed by atoms with Gasteiger partial charge in [0, 0.05) is 5.56 Å². The van der Waals surface area contributed by atoms with Gasteiger partial charge in [-0.25, -0.2) is 14.6 Å². The van der Waals surface area contributed by atoms with Gasteiger partial charge in [0.2, 0.25) is 0 Å². The maximum atomic E-state index is 10.9. The summed E-state index contributed by atoms with van der Waals surface area (Å²) in [5.41, 5.74) is 1.36. The largest absolute Gasteiger partial charge is 0.477 e. The van der Waals surface area contributed by atoms with Crippen LogP contribution in [0.15, 0.2) is 24.3 Å². The number of nitrogens with zero attached hydrogens (tertiary/aromatic N) is 1. The summed E-state index contributed by atoms with van der Waals surface area (Å²) in [5, 5.41) is 18.2. The van der Waals surface area contributed by atoms with Gasteiger partial charge >= 0.3 is 11.9 Å². The lowest BCUT2D eigenvalue weighted by Gasteiger charge is -1.96. The second kappa shape index (κ2) is 4.58. The van der Waals surface area contributed by atoms with Gasteiger partial charge < -0.3 is 10.2 Å². The van der Waals surface area contributed by atoms with Gasteiger partial charge in [-0.2, -0.15) is 0 Å². The monoisotopic (exact) mass is 263 g/mol. The second-order valence-corrected chi connectivity index (χ2v) is 4.67. The number of thiazole rings is 1. The van der Waals surface area contributed by atoms with E-state index in [-0.39, 0.29) is 4.88 Å². The Bertz CT molecular complexity index is 584. The predicted octanol–water partition coefficient (Wildman–Crippen LogP) is 2.51. The molecule has 1 heterocycles. The SMILES string of the molecule is Cc1ccc(-c2nc(C(=O)O)c(C(=O)O)s2)cc1. The zero-order valence-corrected chi connectivity index (χ0v) is 10.2. The Kier molecular flexibility index (Phi) is 3.12. The summed E-state index contributed by atoms with van der Waals surface area (Å²) in [5.74, 6) is -2.61. The van der Waals surface area contributed by atoms with E-state index in [9.17, 15) is 9.59 Å². The molecule has 0 fully saturated rings. The van der Waals surface area contributed by atoms with Gasteiger partial charge in [-0.05, 0) is 6.92 Å². The fraction of sp³-hybridized carbons (Fsp3) is 0.0833. The van der Waals surface area contributed by atoms with Gasteiger partial charge in [0.15, 0.2) is 5.69 Å². The number of hydrogen-bond donors (Lipinski definition) is 2. The molecule has 92 valence electrons. The third-order valence-corrected chi connectivity index (χ3v) is 3.41. The van der Waals surface area contributed by atoms with Crippen molar-refractivity contribution in [3.63, 3.8) is 0 Å². The zero-order chi connectivity index (χ0) is 13.3. The quantitative estimate of drug-likeness (QED) is 0.888. The number of carboxylic acid groups (broad SMARTS) is 2. The topological polar surface area (TPSA) is 87.5 Å². The number of hydrogen-bond acceptors (Lipinski definition) is 4. The fourth-order valence-electron chi connectivity index (χ4n) is 1.43. The van der Waals surface area contributed by atoms with Crippen LogP contribution in [0.1, 0.15) is 25.7 Å². The van der Waals surface area contributed by atoms with Crippen LogP contribution in [0.3, 0.4) is 0 Å². The van der Waals surface area contributed by atoms with E-state index < -0.39 is 17.6 Å². The normalized spacial score (nSPS) is 10.3. The van der Waals surface area contributed by atoms with Crippen LogP contribution in [-0.2, 0) is 0 Å². The third-order valence-electron chi connectivity index (χ3n) is 2.32. The van der Waals surface area contributed by atoms with Gasteiger partial charge in [-0.1, -0.05) is 29.8 Å². The molecule has 0 saturated heterocycles. The second-order valence-electron chi connectivity index (χ2n) is 3.67. The van der Waals surface area contributed by atoms with E-state index in [1.807, 2.05) is 19.1 Å². The summed E-state index contributed by atoms with van der Waals surface area (Å²) in [6, 6.07) is 7.28. The van der Waals surface area contributed by atoms with Crippen molar-refractivity contribution < 1.29 is 19.8 Å². The maximum Gasteiger partial charge on any atom is 0.356 e. The van der Waals surface area contributed by atoms with E-state index in [4.69, 9.17) is 10.2 Å². The molecule has 0 spiro atoms. The summed E-state index contributed by atoms with van der Waals surface area (Å²) in [7, 11) is 0. The summed E-state index contributed by atoms with van der Waals surface area (Å²) in [6.07, 6.45) is 0. The molecule has 2 N–H and O–H groups in total. The van der Waals surface area contributed by atoms with E-state index in [1.165, 1.54) is 0 Å². The molecule has 2 aromatic rings. The highest BCUT2D eigenvalue weighted by atomic mass is 32.1. The number of aromatic carboxylic acids is 2. The van der Waals surface area contributed by atoms with Gasteiger partial charge in [-0.15, -0.1) is 11.3 Å². The molecule has 5 nitrogen and oxygen atoms in total. The lowest BCUT2D eigenvalue weighted by molar-refractivity contribution is 0.0651. The number of carboxylic acids is 2. The van der Waals surface area contributed by atoms with Crippen molar-refractivity contribution in [3.05, 3.63) is 40.4 Å². The molecule has 0 aliphatic carbocycles. The van der Waals surface area contributed by atoms with Crippen molar-refractivity contribution in [2.24, 2.45) is 0 Å². The standard InChI is InChI=1S/C12H9NO4S/c1-6-2-4-7(5-3-6)10-13-8(11(14)15)9(18-10)12(16)17/h2-5H,1H3,(H,14,15)(H,16,17). The molecule has 0 atom stereocenters. The number of benzene rings is 1. The molecular formula is C12H9NO4S. The van der Waals surface area contributed by atoms with Crippen LogP contribution in [0.5, 0.6) is 0 Å². The van der Waals surface area contributed by atoms with Crippen molar-refractivity contribution in [1.29, 1.82) is 0 Å². The highest BCUT2D eigenvalue weighted by Crippen LogP contribution is 2.28. The zero-order valence-electron chi connectivity index (χ0n) is 9.38. The Morgan fingerprint density at radius 2 is 1.72 bits per heavy atom. The van der Waals surface area contributed by atoms with Crippen LogP contribution in [0.4, 0.5) is 0 Å². The molecule has 1 aromatic carbocycles. The summed E-state index contributed by atoms with van der Waals surface area (Å²) in [4.78, 5) is 25.5. The highest BCUT2D eigenvalue weighted by molar-refractivity contribution is 7.17. The van der Waals surface area contributed by atoms with Gasteiger partial charge in [0.25, 0.3) is 0 Å². The molecule has 6 heteroatoms. The van der Waals surface area contributed by atoms with Crippen molar-refractivity contribution in [2.75, 3.05) is 0 Å². The van der Waals surface area contributed by atoms with Gasteiger partial charge in [-0.3, -0.25) is 0 Å². The van der Waals surface area contributed by atoms with Gasteiger partial charge in [0.1, 0.15) is 9.88 Å². The molecule has 0 radical (unpaired) electrons. The van der Waals surface area contributed by atoms with Crippen molar-refractivity contribution >= 4 is 23.3 Å². The summed E-state index contributed by atoms with van der Waals surface area (Å²) < 4.78 is 0. The van der Waals surface area contributed by atoms with Crippen LogP contribution in [0.25, 0.3) is 10.6 Å². The first-order valence-electron chi connectivity index (χ1n) is 5.03. The van der Waals surface area contributed by atoms with E-state index in [1.54, 1.807) is 12.1 Å². The molecule has 0 bridgehead atoms. The molecule has 1 aromatic heterocycles. The fourth-order valence-corrected chi connectivity index (χ4v) is 2.33. The van der Waals surface area contributed by atoms with Crippen LogP contribution in [-0.4, -0.2) is 27.1 Å². The number of carbonyl (C=O) groups is 2. The minimum atomic E-state index is -1.33. The maximum absolute atomic E-state index is 10.9. The Balaban J connectivity index is 2.53. The molecule has 0 aliphatic heterocycles. The molecule has 0 aliphatic rings. The van der Waals surface area contributed by atoms with Gasteiger partial charge in [0.05, 0.1) is 0 Å². The Morgan fingerprint density at radius 1 is 1.11 bits per heavy atom. The van der Waals surface area contributed by atoms with Crippen molar-refractivity contribution in [1.82, 2.24) is 4.98 Å². The van der Waals surface area contributed by atoms with E-state index in [0.29, 0.717) is 10.6 Å². The molecule has 0 saturated carbocycles. The third kappa shape index (κ3) is 2.23. The number of aromatic nitrogens is 1. The van der Waals surface area contributed by atoms with E-state index >= 15 is 0 Å². The Morgan fingerprint density at radius 3 is 2.17 bits per heavy atom. The number of aryl methyl sites for hydroxylation is 1. The summed E-state index contributed by atoms with van der Waals surface area (Å²) >= 11 is 0.863. The molecule has 2 rings (SSSR count). The molecular weight excluding hydrogens is 254 g/mol. The average molecular weight is 263 g/mol. The van der Waals surface area contributed by atoms with Crippen LogP contribution in [0.2, 0.25) is 0 Å². The van der Waals surface area contributed by atoms with Crippen LogP contribution in [0, 0.1) is 6.92 Å². The minimum Gasteiger partial charge on any atom is -0.477 e. The van der Waals surface area contributed by atoms with Crippen molar-refractivity contribution in [2.45, 2.75) is 6.92 Å². The van der Waals surface area contributed by atoms with Crippen molar-refractivity contribution in [3.8, 4) is 10.6 Å². The minimum absolute atomic E-state index is 0.252. The first-order chi connectivity index (χ1) is 8.49. The Labute approximate surface area is 106 Å². The smallest absolute Gasteiger partial charge is 0.356 e. The molecule has 0 amide bonds. The van der Waals surface area contributed by atoms with Crippen LogP contribution >= 0.6 is 11.3 Å². The Hall–Kier alpha value is -2.21. The predicted molar refractivity (Wildman–Crippen MR) is 66.2 cm³/mol. The molecule has 18 heavy (non-hydrogen) atoms. The van der Waals surface area contributed by atoms with Crippen LogP contribution < -0.4 is 0 Å².